The minimum atomic E-state index is -3.72. The maximum Gasteiger partial charge on any atom is 1.00 e. The summed E-state index contributed by atoms with van der Waals surface area (Å²) >= 11 is 5.56. The van der Waals surface area contributed by atoms with Crippen molar-refractivity contribution in [3.05, 3.63) is 101 Å². The van der Waals surface area contributed by atoms with Crippen molar-refractivity contribution in [2.45, 2.75) is 18.1 Å². The maximum atomic E-state index is 11.9. The van der Waals surface area contributed by atoms with E-state index < -0.39 is 10.1 Å². The molecule has 34 heavy (non-hydrogen) atoms. The molecule has 0 aromatic heterocycles. The predicted octanol–water partition coefficient (Wildman–Crippen LogP) is 0.0174. The maximum absolute atomic E-state index is 11.9. The molecule has 180 valence electrons. The minimum Gasteiger partial charge on any atom is -1.00 e. The average molecular weight is 783 g/mol. The van der Waals surface area contributed by atoms with Gasteiger partial charge in [0.05, 0.1) is 37.9 Å². The summed E-state index contributed by atoms with van der Waals surface area (Å²) in [5.74, 6) is 0. The van der Waals surface area contributed by atoms with E-state index in [-0.39, 0.29) is 71.6 Å². The van der Waals surface area contributed by atoms with Crippen LogP contribution in [0.5, 0.6) is 0 Å². The molecule has 0 N–H and O–H groups in total. The van der Waals surface area contributed by atoms with Gasteiger partial charge in [-0.15, -0.1) is 0 Å². The number of hydrogen-bond donors (Lipinski definition) is 0. The second-order valence-corrected chi connectivity index (χ2v) is 10.1. The zero-order chi connectivity index (χ0) is 23.1. The van der Waals surface area contributed by atoms with Crippen molar-refractivity contribution >= 4 is 48.6 Å². The van der Waals surface area contributed by atoms with Crippen molar-refractivity contribution in [2.24, 2.45) is 0 Å². The van der Waals surface area contributed by atoms with Crippen LogP contribution in [0.1, 0.15) is 11.1 Å². The van der Waals surface area contributed by atoms with Crippen molar-refractivity contribution in [1.29, 1.82) is 0 Å². The zero-order valence-corrected chi connectivity index (χ0v) is 27.6. The molecule has 0 unspecified atom stereocenters. The van der Waals surface area contributed by atoms with Gasteiger partial charge in [-0.05, 0) is 35.4 Å². The summed E-state index contributed by atoms with van der Waals surface area (Å²) in [6.07, 6.45) is 0. The molecular formula is C24H26BrI2NaO5S. The van der Waals surface area contributed by atoms with Gasteiger partial charge in [0, 0.05) is 8.90 Å². The fourth-order valence-corrected chi connectivity index (χ4v) is 3.92. The summed E-state index contributed by atoms with van der Waals surface area (Å²) in [6, 6.07) is 26.2. The van der Waals surface area contributed by atoms with Crippen molar-refractivity contribution in [3.63, 3.8) is 0 Å². The molecular weight excluding hydrogens is 757 g/mol. The Bertz CT molecular complexity index is 995. The van der Waals surface area contributed by atoms with E-state index in [2.05, 4.69) is 50.7 Å². The van der Waals surface area contributed by atoms with Crippen LogP contribution in [0.2, 0.25) is 0 Å². The standard InChI is InChI=1S/C15H15BrO4S.C9H11IO.HI.Na/c16-14-6-8-15(9-7-14)21(17,18)20-11-10-19-12-13-4-2-1-3-5-13;10-6-7-11-8-9-4-2-1-3-5-9;;/h1-9H,10-12H2;1-5H,6-8H2;1H;/q;;;+1/p-1. The third-order valence-corrected chi connectivity index (χ3v) is 6.31. The van der Waals surface area contributed by atoms with E-state index in [1.807, 2.05) is 48.5 Å². The monoisotopic (exact) mass is 782 g/mol. The molecule has 0 bridgehead atoms. The van der Waals surface area contributed by atoms with Gasteiger partial charge < -0.3 is 33.5 Å². The van der Waals surface area contributed by atoms with Gasteiger partial charge in [-0.3, -0.25) is 4.18 Å². The van der Waals surface area contributed by atoms with Crippen molar-refractivity contribution in [2.75, 3.05) is 24.2 Å². The number of ether oxygens (including phenoxy) is 2. The molecule has 3 rings (SSSR count). The van der Waals surface area contributed by atoms with Crippen LogP contribution < -0.4 is 53.5 Å². The Kier molecular flexibility index (Phi) is 20.7. The number of hydrogen-bond acceptors (Lipinski definition) is 5. The zero-order valence-electron chi connectivity index (χ0n) is 18.9. The molecule has 0 amide bonds. The van der Waals surface area contributed by atoms with Crippen LogP contribution in [0.4, 0.5) is 0 Å². The van der Waals surface area contributed by atoms with Crippen LogP contribution >= 0.6 is 38.5 Å². The summed E-state index contributed by atoms with van der Waals surface area (Å²) in [7, 11) is -3.72. The van der Waals surface area contributed by atoms with Gasteiger partial charge in [0.15, 0.2) is 0 Å². The molecule has 0 aliphatic carbocycles. The van der Waals surface area contributed by atoms with E-state index in [0.29, 0.717) is 6.61 Å². The fraction of sp³-hybridized carbons (Fsp3) is 0.250. The normalized spacial score (nSPS) is 10.3. The topological polar surface area (TPSA) is 61.8 Å². The Morgan fingerprint density at radius 2 is 1.18 bits per heavy atom. The van der Waals surface area contributed by atoms with Gasteiger partial charge in [-0.2, -0.15) is 8.42 Å². The Balaban J connectivity index is 0.000000716. The second kappa shape index (κ2) is 20.5. The minimum absolute atomic E-state index is 0. The van der Waals surface area contributed by atoms with Crippen LogP contribution in [0.15, 0.2) is 94.3 Å². The van der Waals surface area contributed by atoms with Crippen molar-refractivity contribution in [1.82, 2.24) is 0 Å². The molecule has 0 atom stereocenters. The van der Waals surface area contributed by atoms with E-state index in [0.717, 1.165) is 27.7 Å². The molecule has 0 radical (unpaired) electrons. The van der Waals surface area contributed by atoms with Crippen LogP contribution in [0.25, 0.3) is 0 Å². The van der Waals surface area contributed by atoms with Crippen LogP contribution in [0.3, 0.4) is 0 Å². The number of alkyl halides is 1. The number of rotatable bonds is 11. The average Bonchev–Trinajstić information content (AvgIpc) is 2.81. The van der Waals surface area contributed by atoms with Gasteiger partial charge in [-0.1, -0.05) is 99.2 Å². The van der Waals surface area contributed by atoms with Crippen LogP contribution in [-0.4, -0.2) is 32.7 Å². The summed E-state index contributed by atoms with van der Waals surface area (Å²) < 4.78 is 41.3. The molecule has 0 saturated heterocycles. The van der Waals surface area contributed by atoms with Gasteiger partial charge in [0.2, 0.25) is 0 Å². The molecule has 3 aromatic carbocycles. The van der Waals surface area contributed by atoms with Crippen molar-refractivity contribution in [3.8, 4) is 0 Å². The first-order chi connectivity index (χ1) is 15.5. The van der Waals surface area contributed by atoms with Crippen LogP contribution in [0, 0.1) is 0 Å². The smallest absolute Gasteiger partial charge is 1.00 e. The van der Waals surface area contributed by atoms with Gasteiger partial charge >= 0.3 is 29.6 Å². The third kappa shape index (κ3) is 14.9. The quantitative estimate of drug-likeness (QED) is 0.0904. The van der Waals surface area contributed by atoms with E-state index in [9.17, 15) is 8.42 Å². The molecule has 0 aliphatic rings. The summed E-state index contributed by atoms with van der Waals surface area (Å²) in [6.45, 7) is 2.22. The van der Waals surface area contributed by atoms with E-state index in [1.165, 1.54) is 17.7 Å². The fourth-order valence-electron chi connectivity index (χ4n) is 2.46. The molecule has 0 aliphatic heterocycles. The number of benzene rings is 3. The van der Waals surface area contributed by atoms with E-state index >= 15 is 0 Å². The Labute approximate surface area is 264 Å². The third-order valence-electron chi connectivity index (χ3n) is 4.01. The summed E-state index contributed by atoms with van der Waals surface area (Å²) in [5, 5.41) is 0. The SMILES string of the molecule is ICCOCc1ccccc1.O=S(=O)(OCCOCc1ccccc1)c1ccc(Br)cc1.[I-].[Na+]. The first-order valence-corrected chi connectivity index (χ1v) is 13.7. The summed E-state index contributed by atoms with van der Waals surface area (Å²) in [5.41, 5.74) is 2.28. The molecule has 0 heterocycles. The molecule has 3 aromatic rings. The van der Waals surface area contributed by atoms with Crippen molar-refractivity contribution < 1.29 is 75.6 Å². The van der Waals surface area contributed by atoms with Gasteiger partial charge in [0.1, 0.15) is 0 Å². The summed E-state index contributed by atoms with van der Waals surface area (Å²) in [4.78, 5) is 0.133. The molecule has 0 spiro atoms. The predicted molar refractivity (Wildman–Crippen MR) is 138 cm³/mol. The molecule has 0 saturated carbocycles. The van der Waals surface area contributed by atoms with Crippen LogP contribution in [-0.2, 0) is 37.0 Å². The second-order valence-electron chi connectivity index (χ2n) is 6.50. The van der Waals surface area contributed by atoms with E-state index in [4.69, 9.17) is 13.7 Å². The molecule has 5 nitrogen and oxygen atoms in total. The van der Waals surface area contributed by atoms with E-state index in [1.54, 1.807) is 12.1 Å². The Morgan fingerprint density at radius 1 is 0.706 bits per heavy atom. The van der Waals surface area contributed by atoms with Gasteiger partial charge in [0.25, 0.3) is 10.1 Å². The molecule has 10 heteroatoms. The number of halogens is 3. The Morgan fingerprint density at radius 3 is 1.65 bits per heavy atom. The molecule has 0 fully saturated rings. The first kappa shape index (κ1) is 34.4. The first-order valence-electron chi connectivity index (χ1n) is 9.95. The van der Waals surface area contributed by atoms with Gasteiger partial charge in [-0.25, -0.2) is 0 Å². The largest absolute Gasteiger partial charge is 1.00 e. The Hall–Kier alpha value is 0.430.